The van der Waals surface area contributed by atoms with Crippen LogP contribution < -0.4 is 0 Å². The van der Waals surface area contributed by atoms with Gasteiger partial charge in [0.05, 0.1) is 23.6 Å². The molecule has 2 aliphatic heterocycles. The average molecular weight is 264 g/mol. The number of aromatic nitrogens is 3. The lowest BCUT2D eigenvalue weighted by atomic mass is 10.0. The van der Waals surface area contributed by atoms with Gasteiger partial charge in [-0.2, -0.15) is 0 Å². The monoisotopic (exact) mass is 264 g/mol. The highest BCUT2D eigenvalue weighted by Gasteiger charge is 2.48. The van der Waals surface area contributed by atoms with E-state index in [1.807, 2.05) is 0 Å². The van der Waals surface area contributed by atoms with Crippen molar-refractivity contribution in [3.63, 3.8) is 0 Å². The normalized spacial score (nSPS) is 21.6. The summed E-state index contributed by atoms with van der Waals surface area (Å²) in [6, 6.07) is -0.0703. The Kier molecular flexibility index (Phi) is 2.59. The number of carbonyl (C=O) groups excluding carboxylic acids is 1. The average Bonchev–Trinajstić information content (AvgIpc) is 2.91. The highest BCUT2D eigenvalue weighted by Crippen LogP contribution is 2.40. The van der Waals surface area contributed by atoms with E-state index in [0.29, 0.717) is 30.7 Å². The van der Waals surface area contributed by atoms with Gasteiger partial charge in [-0.15, -0.1) is 5.10 Å². The molecule has 2 N–H and O–H groups in total. The molecule has 0 aliphatic carbocycles. The number of rotatable bonds is 4. The van der Waals surface area contributed by atoms with E-state index in [1.54, 1.807) is 6.20 Å². The Bertz CT molecular complexity index is 591. The van der Waals surface area contributed by atoms with E-state index in [4.69, 9.17) is 5.11 Å². The van der Waals surface area contributed by atoms with Crippen molar-refractivity contribution in [3.05, 3.63) is 17.6 Å². The number of nitrogens with zero attached hydrogens (tertiary/aromatic N) is 4. The maximum atomic E-state index is 11.5. The molecule has 1 saturated heterocycles. The van der Waals surface area contributed by atoms with Crippen LogP contribution in [0.3, 0.4) is 0 Å². The smallest absolute Gasteiger partial charge is 0.354 e. The van der Waals surface area contributed by atoms with E-state index in [-0.39, 0.29) is 24.3 Å². The first kappa shape index (κ1) is 11.8. The fraction of sp³-hybridized carbons (Fsp3) is 0.455. The molecule has 3 heterocycles. The quantitative estimate of drug-likeness (QED) is 0.680. The number of hydrogen-bond donors (Lipinski definition) is 2. The molecule has 19 heavy (non-hydrogen) atoms. The second-order valence-electron chi connectivity index (χ2n) is 4.55. The Labute approximate surface area is 107 Å². The molecular weight excluding hydrogens is 252 g/mol. The minimum atomic E-state index is -1.13. The van der Waals surface area contributed by atoms with Gasteiger partial charge in [0, 0.05) is 25.9 Å². The van der Waals surface area contributed by atoms with Gasteiger partial charge in [-0.05, 0) is 0 Å². The molecule has 0 saturated carbocycles. The van der Waals surface area contributed by atoms with Gasteiger partial charge in [0.15, 0.2) is 5.70 Å². The molecule has 0 unspecified atom stereocenters. The van der Waals surface area contributed by atoms with Crippen molar-refractivity contribution >= 4 is 17.6 Å². The predicted octanol–water partition coefficient (Wildman–Crippen LogP) is -0.929. The van der Waals surface area contributed by atoms with Gasteiger partial charge < -0.3 is 15.1 Å². The number of hydrogen-bond acceptors (Lipinski definition) is 5. The summed E-state index contributed by atoms with van der Waals surface area (Å²) in [7, 11) is 0. The molecule has 1 aromatic rings. The van der Waals surface area contributed by atoms with Crippen LogP contribution in [0.25, 0.3) is 5.70 Å². The van der Waals surface area contributed by atoms with E-state index in [1.165, 1.54) is 9.58 Å². The summed E-state index contributed by atoms with van der Waals surface area (Å²) in [6.45, 7) is -0.0449. The molecule has 0 radical (unpaired) electrons. The van der Waals surface area contributed by atoms with Crippen LogP contribution in [0.15, 0.2) is 11.9 Å². The number of aliphatic hydroxyl groups is 1. The number of aliphatic carboxylic acids is 1. The number of carboxylic acids is 1. The zero-order valence-electron chi connectivity index (χ0n) is 9.98. The fourth-order valence-corrected chi connectivity index (χ4v) is 2.50. The standard InChI is InChI=1S/C11H12N4O4/c16-2-1-6-5-14(13-12-6)8-3-7-4-9(17)15(7)10(8)11(18)19/h5,7,16H,1-4H2,(H,18,19)/t7-/m1/s1. The zero-order chi connectivity index (χ0) is 13.6. The summed E-state index contributed by atoms with van der Waals surface area (Å²) < 4.78 is 1.39. The molecule has 1 amide bonds. The van der Waals surface area contributed by atoms with Crippen LogP contribution in [0.2, 0.25) is 0 Å². The van der Waals surface area contributed by atoms with Crippen molar-refractivity contribution < 1.29 is 19.8 Å². The van der Waals surface area contributed by atoms with Crippen LogP contribution in [0, 0.1) is 0 Å². The van der Waals surface area contributed by atoms with E-state index < -0.39 is 5.97 Å². The molecule has 1 aromatic heterocycles. The molecule has 0 aromatic carbocycles. The van der Waals surface area contributed by atoms with Crippen LogP contribution in [0.1, 0.15) is 18.5 Å². The van der Waals surface area contributed by atoms with Crippen molar-refractivity contribution in [2.45, 2.75) is 25.3 Å². The number of aliphatic hydroxyl groups excluding tert-OH is 1. The van der Waals surface area contributed by atoms with E-state index in [2.05, 4.69) is 10.3 Å². The Morgan fingerprint density at radius 2 is 2.26 bits per heavy atom. The Hall–Kier alpha value is -2.22. The fourth-order valence-electron chi connectivity index (χ4n) is 2.50. The molecular formula is C11H12N4O4. The maximum absolute atomic E-state index is 11.5. The van der Waals surface area contributed by atoms with Crippen molar-refractivity contribution in [3.8, 4) is 0 Å². The molecule has 8 heteroatoms. The summed E-state index contributed by atoms with van der Waals surface area (Å²) in [5.74, 6) is -1.31. The molecule has 1 atom stereocenters. The predicted molar refractivity (Wildman–Crippen MR) is 61.5 cm³/mol. The van der Waals surface area contributed by atoms with Crippen molar-refractivity contribution in [1.29, 1.82) is 0 Å². The molecule has 3 rings (SSSR count). The molecule has 0 bridgehead atoms. The minimum absolute atomic E-state index is 0.0123. The van der Waals surface area contributed by atoms with Crippen LogP contribution in [-0.2, 0) is 16.0 Å². The lowest BCUT2D eigenvalue weighted by Gasteiger charge is -2.34. The Morgan fingerprint density at radius 1 is 1.47 bits per heavy atom. The van der Waals surface area contributed by atoms with Crippen molar-refractivity contribution in [2.24, 2.45) is 0 Å². The number of β-lactam (4-membered cyclic amide) rings is 1. The van der Waals surface area contributed by atoms with Gasteiger partial charge in [-0.1, -0.05) is 5.21 Å². The number of fused-ring (bicyclic) bond motifs is 1. The zero-order valence-corrected chi connectivity index (χ0v) is 9.98. The van der Waals surface area contributed by atoms with E-state index in [0.717, 1.165) is 0 Å². The van der Waals surface area contributed by atoms with Gasteiger partial charge in [0.1, 0.15) is 0 Å². The third-order valence-corrected chi connectivity index (χ3v) is 3.38. The Balaban J connectivity index is 1.98. The topological polar surface area (TPSA) is 109 Å². The summed E-state index contributed by atoms with van der Waals surface area (Å²) >= 11 is 0. The maximum Gasteiger partial charge on any atom is 0.354 e. The first-order valence-electron chi connectivity index (χ1n) is 5.92. The largest absolute Gasteiger partial charge is 0.477 e. The van der Waals surface area contributed by atoms with Gasteiger partial charge in [0.2, 0.25) is 5.91 Å². The molecule has 1 fully saturated rings. The second kappa shape index (κ2) is 4.16. The molecule has 2 aliphatic rings. The summed E-state index contributed by atoms with van der Waals surface area (Å²) in [6.07, 6.45) is 2.79. The van der Waals surface area contributed by atoms with Gasteiger partial charge in [-0.3, -0.25) is 4.79 Å². The first-order valence-corrected chi connectivity index (χ1v) is 5.92. The van der Waals surface area contributed by atoms with Crippen LogP contribution in [-0.4, -0.2) is 54.6 Å². The first-order chi connectivity index (χ1) is 9.11. The summed E-state index contributed by atoms with van der Waals surface area (Å²) in [4.78, 5) is 24.1. The van der Waals surface area contributed by atoms with E-state index in [9.17, 15) is 14.7 Å². The number of carboxylic acid groups (broad SMARTS) is 1. The third-order valence-electron chi connectivity index (χ3n) is 3.38. The van der Waals surface area contributed by atoms with Crippen LogP contribution in [0.4, 0.5) is 0 Å². The van der Waals surface area contributed by atoms with Crippen molar-refractivity contribution in [1.82, 2.24) is 19.9 Å². The van der Waals surface area contributed by atoms with E-state index >= 15 is 0 Å². The summed E-state index contributed by atoms with van der Waals surface area (Å²) in [5, 5.41) is 25.8. The highest BCUT2D eigenvalue weighted by atomic mass is 16.4. The number of carbonyl (C=O) groups is 2. The van der Waals surface area contributed by atoms with Crippen LogP contribution in [0.5, 0.6) is 0 Å². The van der Waals surface area contributed by atoms with Gasteiger partial charge >= 0.3 is 5.97 Å². The second-order valence-corrected chi connectivity index (χ2v) is 4.55. The SMILES string of the molecule is O=C(O)C1=C(n2cc(CCO)nn2)C[C@@H]2CC(=O)N12. The third kappa shape index (κ3) is 1.72. The van der Waals surface area contributed by atoms with Gasteiger partial charge in [-0.25, -0.2) is 9.48 Å². The lowest BCUT2D eigenvalue weighted by Crippen LogP contribution is -2.49. The van der Waals surface area contributed by atoms with Crippen LogP contribution >= 0.6 is 0 Å². The lowest BCUT2D eigenvalue weighted by molar-refractivity contribution is -0.147. The molecule has 8 nitrogen and oxygen atoms in total. The van der Waals surface area contributed by atoms with Gasteiger partial charge in [0.25, 0.3) is 0 Å². The van der Waals surface area contributed by atoms with Crippen molar-refractivity contribution in [2.75, 3.05) is 6.61 Å². The minimum Gasteiger partial charge on any atom is -0.477 e. The molecule has 100 valence electrons. The molecule has 0 spiro atoms. The highest BCUT2D eigenvalue weighted by molar-refractivity contribution is 6.02. The summed E-state index contributed by atoms with van der Waals surface area (Å²) in [5.41, 5.74) is 1.04. The number of amides is 1. The Morgan fingerprint density at radius 3 is 2.89 bits per heavy atom.